The fourth-order valence-corrected chi connectivity index (χ4v) is 2.30. The maximum absolute atomic E-state index is 5.98. The van der Waals surface area contributed by atoms with Gasteiger partial charge in [0.1, 0.15) is 0 Å². The van der Waals surface area contributed by atoms with Gasteiger partial charge < -0.3 is 11.1 Å². The Kier molecular flexibility index (Phi) is 3.67. The Morgan fingerprint density at radius 1 is 1.53 bits per heavy atom. The molecule has 0 aliphatic heterocycles. The minimum absolute atomic E-state index is 0.200. The highest BCUT2D eigenvalue weighted by atomic mass is 79.9. The first-order valence-electron chi connectivity index (χ1n) is 5.12. The Morgan fingerprint density at radius 2 is 2.27 bits per heavy atom. The molecule has 3 N–H and O–H groups in total. The van der Waals surface area contributed by atoms with E-state index in [1.807, 2.05) is 18.2 Å². The molecule has 0 spiro atoms. The van der Waals surface area contributed by atoms with E-state index in [2.05, 4.69) is 21.2 Å². The minimum Gasteiger partial charge on any atom is -0.329 e. The van der Waals surface area contributed by atoms with Gasteiger partial charge in [-0.05, 0) is 36.6 Å². The van der Waals surface area contributed by atoms with Crippen LogP contribution < -0.4 is 11.1 Å². The molecule has 0 heterocycles. The Balaban J connectivity index is 2.19. The highest BCUT2D eigenvalue weighted by Gasteiger charge is 2.25. The molecular weight excluding hydrogens is 275 g/mol. The van der Waals surface area contributed by atoms with Gasteiger partial charge in [0, 0.05) is 28.1 Å². The first-order valence-corrected chi connectivity index (χ1v) is 6.29. The molecule has 0 amide bonds. The van der Waals surface area contributed by atoms with Crippen LogP contribution in [0.2, 0.25) is 5.02 Å². The van der Waals surface area contributed by atoms with Crippen LogP contribution in [0.4, 0.5) is 0 Å². The maximum atomic E-state index is 5.98. The van der Waals surface area contributed by atoms with Crippen molar-refractivity contribution in [1.82, 2.24) is 5.32 Å². The summed E-state index contributed by atoms with van der Waals surface area (Å²) in [6, 6.07) is 6.66. The fourth-order valence-electron chi connectivity index (χ4n) is 1.60. The minimum atomic E-state index is 0.200. The molecule has 1 aliphatic rings. The van der Waals surface area contributed by atoms with Gasteiger partial charge in [0.15, 0.2) is 0 Å². The number of hydrogen-bond donors (Lipinski definition) is 2. The third-order valence-electron chi connectivity index (χ3n) is 2.58. The van der Waals surface area contributed by atoms with Crippen molar-refractivity contribution >= 4 is 27.5 Å². The van der Waals surface area contributed by atoms with Crippen molar-refractivity contribution in [3.63, 3.8) is 0 Å². The number of halogens is 2. The van der Waals surface area contributed by atoms with Crippen LogP contribution in [-0.4, -0.2) is 12.6 Å². The van der Waals surface area contributed by atoms with E-state index in [0.29, 0.717) is 12.6 Å². The van der Waals surface area contributed by atoms with Crippen LogP contribution >= 0.6 is 27.5 Å². The molecule has 15 heavy (non-hydrogen) atoms. The third kappa shape index (κ3) is 2.94. The van der Waals surface area contributed by atoms with Gasteiger partial charge in [-0.2, -0.15) is 0 Å². The molecule has 4 heteroatoms. The summed E-state index contributed by atoms with van der Waals surface area (Å²) in [4.78, 5) is 0. The predicted molar refractivity (Wildman–Crippen MR) is 67.1 cm³/mol. The maximum Gasteiger partial charge on any atom is 0.0458 e. The molecule has 82 valence electrons. The van der Waals surface area contributed by atoms with Crippen LogP contribution in [0.3, 0.4) is 0 Å². The molecule has 0 saturated heterocycles. The number of hydrogen-bond acceptors (Lipinski definition) is 2. The second-order valence-electron chi connectivity index (χ2n) is 3.90. The van der Waals surface area contributed by atoms with Crippen molar-refractivity contribution in [2.24, 2.45) is 5.73 Å². The molecule has 1 saturated carbocycles. The van der Waals surface area contributed by atoms with Crippen molar-refractivity contribution < 1.29 is 0 Å². The van der Waals surface area contributed by atoms with E-state index in [1.54, 1.807) is 0 Å². The molecule has 2 nitrogen and oxygen atoms in total. The summed E-state index contributed by atoms with van der Waals surface area (Å²) in [6.07, 6.45) is 2.52. The van der Waals surface area contributed by atoms with Crippen molar-refractivity contribution in [2.75, 3.05) is 6.54 Å². The standard InChI is InChI=1S/C11H14BrClN2/c12-10-4-1-7(13)5-9(10)11(6-14)15-8-2-3-8/h1,4-5,8,11,15H,2-3,6,14H2. The van der Waals surface area contributed by atoms with E-state index < -0.39 is 0 Å². The lowest BCUT2D eigenvalue weighted by Gasteiger charge is -2.18. The quantitative estimate of drug-likeness (QED) is 0.894. The van der Waals surface area contributed by atoms with Crippen LogP contribution in [0.1, 0.15) is 24.4 Å². The molecule has 0 radical (unpaired) electrons. The van der Waals surface area contributed by atoms with Crippen molar-refractivity contribution in [1.29, 1.82) is 0 Å². The molecule has 1 fully saturated rings. The van der Waals surface area contributed by atoms with E-state index in [9.17, 15) is 0 Å². The van der Waals surface area contributed by atoms with Crippen molar-refractivity contribution in [3.8, 4) is 0 Å². The van der Waals surface area contributed by atoms with E-state index in [-0.39, 0.29) is 6.04 Å². The second-order valence-corrected chi connectivity index (χ2v) is 5.19. The smallest absolute Gasteiger partial charge is 0.0458 e. The Hall–Kier alpha value is -0.0900. The number of nitrogens with one attached hydrogen (secondary N) is 1. The van der Waals surface area contributed by atoms with Crippen LogP contribution in [0, 0.1) is 0 Å². The highest BCUT2D eigenvalue weighted by Crippen LogP contribution is 2.29. The van der Waals surface area contributed by atoms with Gasteiger partial charge in [-0.3, -0.25) is 0 Å². The predicted octanol–water partition coefficient (Wildman–Crippen LogP) is 2.85. The number of rotatable bonds is 4. The molecule has 0 bridgehead atoms. The molecule has 1 aromatic rings. The van der Waals surface area contributed by atoms with Crippen LogP contribution in [0.15, 0.2) is 22.7 Å². The van der Waals surface area contributed by atoms with Gasteiger partial charge >= 0.3 is 0 Å². The highest BCUT2D eigenvalue weighted by molar-refractivity contribution is 9.10. The largest absolute Gasteiger partial charge is 0.329 e. The molecular formula is C11H14BrClN2. The summed E-state index contributed by atoms with van der Waals surface area (Å²) in [7, 11) is 0. The SMILES string of the molecule is NCC(NC1CC1)c1cc(Cl)ccc1Br. The van der Waals surface area contributed by atoms with Gasteiger partial charge in [0.05, 0.1) is 0 Å². The lowest BCUT2D eigenvalue weighted by Crippen LogP contribution is -2.30. The van der Waals surface area contributed by atoms with Gasteiger partial charge in [0.25, 0.3) is 0 Å². The Labute approximate surface area is 103 Å². The van der Waals surface area contributed by atoms with Crippen molar-refractivity contribution in [3.05, 3.63) is 33.3 Å². The van der Waals surface area contributed by atoms with Crippen molar-refractivity contribution in [2.45, 2.75) is 24.9 Å². The molecule has 0 aromatic heterocycles. The van der Waals surface area contributed by atoms with Crippen LogP contribution in [0.25, 0.3) is 0 Å². The van der Waals surface area contributed by atoms with Gasteiger partial charge in [0.2, 0.25) is 0 Å². The average Bonchev–Trinajstić information content (AvgIpc) is 3.02. The lowest BCUT2D eigenvalue weighted by molar-refractivity contribution is 0.537. The first kappa shape index (κ1) is 11.4. The summed E-state index contributed by atoms with van der Waals surface area (Å²) in [5, 5.41) is 4.27. The average molecular weight is 290 g/mol. The number of benzene rings is 1. The third-order valence-corrected chi connectivity index (χ3v) is 3.54. The van der Waals surface area contributed by atoms with Crippen LogP contribution in [0.5, 0.6) is 0 Å². The summed E-state index contributed by atoms with van der Waals surface area (Å²) >= 11 is 9.51. The zero-order valence-corrected chi connectivity index (χ0v) is 10.7. The zero-order valence-electron chi connectivity index (χ0n) is 8.34. The van der Waals surface area contributed by atoms with Gasteiger partial charge in [-0.1, -0.05) is 27.5 Å². The fraction of sp³-hybridized carbons (Fsp3) is 0.455. The summed E-state index contributed by atoms with van der Waals surface area (Å²) in [6.45, 7) is 0.593. The van der Waals surface area contributed by atoms with E-state index >= 15 is 0 Å². The molecule has 1 aromatic carbocycles. The topological polar surface area (TPSA) is 38.0 Å². The summed E-state index contributed by atoms with van der Waals surface area (Å²) < 4.78 is 1.07. The molecule has 2 rings (SSSR count). The monoisotopic (exact) mass is 288 g/mol. The van der Waals surface area contributed by atoms with Gasteiger partial charge in [-0.25, -0.2) is 0 Å². The molecule has 1 aliphatic carbocycles. The Morgan fingerprint density at radius 3 is 2.87 bits per heavy atom. The van der Waals surface area contributed by atoms with Crippen LogP contribution in [-0.2, 0) is 0 Å². The normalized spacial score (nSPS) is 17.8. The summed E-state index contributed by atoms with van der Waals surface area (Å²) in [5.74, 6) is 0. The van der Waals surface area contributed by atoms with Gasteiger partial charge in [-0.15, -0.1) is 0 Å². The van der Waals surface area contributed by atoms with E-state index in [1.165, 1.54) is 12.8 Å². The Bertz CT molecular complexity index is 352. The molecule has 1 unspecified atom stereocenters. The molecule has 1 atom stereocenters. The second kappa shape index (κ2) is 4.83. The van der Waals surface area contributed by atoms with E-state index in [0.717, 1.165) is 15.1 Å². The summed E-state index contributed by atoms with van der Waals surface area (Å²) in [5.41, 5.74) is 6.92. The zero-order chi connectivity index (χ0) is 10.8. The first-order chi connectivity index (χ1) is 7.20. The van der Waals surface area contributed by atoms with E-state index in [4.69, 9.17) is 17.3 Å². The number of nitrogens with two attached hydrogens (primary N) is 1. The lowest BCUT2D eigenvalue weighted by atomic mass is 10.1.